The zero-order chi connectivity index (χ0) is 22.0. The van der Waals surface area contributed by atoms with Crippen molar-refractivity contribution >= 4 is 40.2 Å². The molecule has 2 aliphatic rings. The summed E-state index contributed by atoms with van der Waals surface area (Å²) in [7, 11) is 0. The number of alkyl halides is 2. The summed E-state index contributed by atoms with van der Waals surface area (Å²) in [5.41, 5.74) is 1.34. The van der Waals surface area contributed by atoms with E-state index in [-0.39, 0.29) is 24.6 Å². The molecule has 1 atom stereocenters. The normalized spacial score (nSPS) is 20.5. The number of halogens is 2. The number of pyridine rings is 1. The Morgan fingerprint density at radius 1 is 1.39 bits per heavy atom. The highest BCUT2D eigenvalue weighted by molar-refractivity contribution is 7.99. The molecule has 2 aromatic rings. The van der Waals surface area contributed by atoms with E-state index in [2.05, 4.69) is 21.1 Å². The maximum atomic E-state index is 13.6. The van der Waals surface area contributed by atoms with Crippen molar-refractivity contribution in [2.45, 2.75) is 12.2 Å². The first-order valence-corrected chi connectivity index (χ1v) is 10.7. The molecule has 2 aliphatic heterocycles. The molecule has 4 rings (SSSR count). The van der Waals surface area contributed by atoms with Gasteiger partial charge in [0.05, 0.1) is 36.2 Å². The number of nitriles is 1. The number of morpholine rings is 1. The molecule has 1 unspecified atom stereocenters. The summed E-state index contributed by atoms with van der Waals surface area (Å²) in [5.74, 6) is 0.151. The highest BCUT2D eigenvalue weighted by Gasteiger charge is 2.37. The van der Waals surface area contributed by atoms with Gasteiger partial charge in [0, 0.05) is 29.6 Å². The van der Waals surface area contributed by atoms with E-state index >= 15 is 0 Å². The summed E-state index contributed by atoms with van der Waals surface area (Å²) in [6.07, 6.45) is -1.76. The minimum absolute atomic E-state index is 0.105. The lowest BCUT2D eigenvalue weighted by Gasteiger charge is -2.34. The first kappa shape index (κ1) is 21.3. The largest absolute Gasteiger partial charge is 0.373 e. The molecule has 3 heterocycles. The molecule has 162 valence electrons. The number of hydrogen-bond acceptors (Lipinski definition) is 7. The van der Waals surface area contributed by atoms with Crippen LogP contribution in [0.2, 0.25) is 0 Å². The lowest BCUT2D eigenvalue weighted by molar-refractivity contribution is -0.240. The van der Waals surface area contributed by atoms with Crippen molar-refractivity contribution in [1.29, 1.82) is 5.26 Å². The molecule has 0 saturated carbocycles. The van der Waals surface area contributed by atoms with Crippen LogP contribution in [0.5, 0.6) is 0 Å². The van der Waals surface area contributed by atoms with Crippen LogP contribution in [-0.4, -0.2) is 71.7 Å². The molecule has 0 bridgehead atoms. The second-order valence-corrected chi connectivity index (χ2v) is 8.16. The molecule has 0 aliphatic carbocycles. The Balaban J connectivity index is 1.52. The van der Waals surface area contributed by atoms with E-state index in [0.717, 1.165) is 0 Å². The molecule has 8 nitrogen and oxygen atoms in total. The van der Waals surface area contributed by atoms with Gasteiger partial charge < -0.3 is 19.9 Å². The number of ether oxygens (including phenoxy) is 1. The monoisotopic (exact) mass is 447 g/mol. The Morgan fingerprint density at radius 2 is 2.23 bits per heavy atom. The summed E-state index contributed by atoms with van der Waals surface area (Å²) >= 11 is 1.49. The maximum Gasteiger partial charge on any atom is 0.373 e. The van der Waals surface area contributed by atoms with Crippen LogP contribution >= 0.6 is 11.8 Å². The van der Waals surface area contributed by atoms with Gasteiger partial charge in [0.25, 0.3) is 5.91 Å². The molecule has 2 saturated heterocycles. The van der Waals surface area contributed by atoms with Gasteiger partial charge in [0.2, 0.25) is 5.91 Å². The first-order chi connectivity index (χ1) is 14.9. The second kappa shape index (κ2) is 8.64. The van der Waals surface area contributed by atoms with Crippen LogP contribution in [0.1, 0.15) is 10.4 Å². The molecule has 2 amide bonds. The number of nitrogens with zero attached hydrogens (tertiary/aromatic N) is 4. The summed E-state index contributed by atoms with van der Waals surface area (Å²) in [4.78, 5) is 32.3. The fourth-order valence-corrected chi connectivity index (χ4v) is 4.65. The fourth-order valence-electron chi connectivity index (χ4n) is 3.55. The van der Waals surface area contributed by atoms with Crippen molar-refractivity contribution in [2.24, 2.45) is 0 Å². The van der Waals surface area contributed by atoms with E-state index in [0.29, 0.717) is 34.8 Å². The summed E-state index contributed by atoms with van der Waals surface area (Å²) in [6, 6.07) is 8.08. The van der Waals surface area contributed by atoms with Crippen LogP contribution in [0.25, 0.3) is 10.9 Å². The third-order valence-electron chi connectivity index (χ3n) is 5.14. The number of hydrogen-bond donors (Lipinski definition) is 1. The van der Waals surface area contributed by atoms with Crippen molar-refractivity contribution in [3.8, 4) is 6.07 Å². The average molecular weight is 447 g/mol. The van der Waals surface area contributed by atoms with E-state index in [4.69, 9.17) is 5.26 Å². The number of nitrogens with one attached hydrogen (secondary N) is 1. The number of fused-ring (bicyclic) bond motifs is 1. The van der Waals surface area contributed by atoms with Crippen molar-refractivity contribution in [3.63, 3.8) is 0 Å². The van der Waals surface area contributed by atoms with E-state index in [9.17, 15) is 18.4 Å². The number of carbonyl (C=O) groups excluding carboxylic acids is 2. The van der Waals surface area contributed by atoms with E-state index in [1.54, 1.807) is 18.2 Å². The van der Waals surface area contributed by atoms with Crippen LogP contribution in [0.4, 0.5) is 14.5 Å². The van der Waals surface area contributed by atoms with Gasteiger partial charge in [-0.1, -0.05) is 0 Å². The highest BCUT2D eigenvalue weighted by Crippen LogP contribution is 2.29. The smallest absolute Gasteiger partial charge is 0.360 e. The lowest BCUT2D eigenvalue weighted by atomic mass is 10.1. The Hall–Kier alpha value is -2.97. The predicted octanol–water partition coefficient (Wildman–Crippen LogP) is 1.82. The summed E-state index contributed by atoms with van der Waals surface area (Å²) in [6.45, 7) is -0.628. The summed E-state index contributed by atoms with van der Waals surface area (Å²) < 4.78 is 31.7. The number of anilines is 1. The third-order valence-corrected chi connectivity index (χ3v) is 6.15. The quantitative estimate of drug-likeness (QED) is 0.763. The lowest BCUT2D eigenvalue weighted by Crippen LogP contribution is -2.46. The van der Waals surface area contributed by atoms with Gasteiger partial charge in [0.1, 0.15) is 12.6 Å². The van der Waals surface area contributed by atoms with Gasteiger partial charge in [-0.05, 0) is 24.3 Å². The topological polar surface area (TPSA) is 98.6 Å². The highest BCUT2D eigenvalue weighted by atomic mass is 32.2. The number of rotatable bonds is 4. The van der Waals surface area contributed by atoms with Crippen LogP contribution in [0.3, 0.4) is 0 Å². The number of amides is 2. The van der Waals surface area contributed by atoms with Crippen molar-refractivity contribution in [3.05, 3.63) is 36.0 Å². The van der Waals surface area contributed by atoms with Gasteiger partial charge in [-0.25, -0.2) is 0 Å². The summed E-state index contributed by atoms with van der Waals surface area (Å²) in [5, 5.41) is 12.2. The van der Waals surface area contributed by atoms with Crippen molar-refractivity contribution in [1.82, 2.24) is 15.2 Å². The molecule has 0 radical (unpaired) electrons. The number of aromatic nitrogens is 1. The van der Waals surface area contributed by atoms with E-state index in [1.807, 2.05) is 0 Å². The number of thioether (sulfide) groups is 1. The zero-order valence-electron chi connectivity index (χ0n) is 16.4. The van der Waals surface area contributed by atoms with E-state index < -0.39 is 24.6 Å². The fraction of sp³-hybridized carbons (Fsp3) is 0.400. The molecule has 11 heteroatoms. The Labute approximate surface area is 181 Å². The molecule has 1 N–H and O–H groups in total. The average Bonchev–Trinajstić information content (AvgIpc) is 3.25. The predicted molar refractivity (Wildman–Crippen MR) is 111 cm³/mol. The van der Waals surface area contributed by atoms with Crippen LogP contribution < -0.4 is 10.2 Å². The third kappa shape index (κ3) is 4.55. The standard InChI is InChI=1S/C20H19F2N5O3S/c21-20(22)11-26(5-6-30-20)13-1-2-17-16(7-13)15(3-4-24-17)19(29)25-9-18(28)27-12-31-10-14(27)8-23/h1-4,7,14H,5-6,9-12H2,(H,25,29). The number of carbonyl (C=O) groups is 2. The minimum atomic E-state index is -3.24. The SMILES string of the molecule is N#CC1CSCN1C(=O)CNC(=O)c1ccnc2ccc(N3CCOC(F)(F)C3)cc12. The molecule has 0 spiro atoms. The molecule has 31 heavy (non-hydrogen) atoms. The molecule has 1 aromatic carbocycles. The van der Waals surface area contributed by atoms with Crippen molar-refractivity contribution < 1.29 is 23.1 Å². The van der Waals surface area contributed by atoms with Gasteiger partial charge in [-0.2, -0.15) is 14.0 Å². The molecular formula is C20H19F2N5O3S. The minimum Gasteiger partial charge on any atom is -0.360 e. The van der Waals surface area contributed by atoms with Gasteiger partial charge in [-0.15, -0.1) is 11.8 Å². The van der Waals surface area contributed by atoms with Gasteiger partial charge in [-0.3, -0.25) is 14.6 Å². The zero-order valence-corrected chi connectivity index (χ0v) is 17.2. The second-order valence-electron chi connectivity index (χ2n) is 7.16. The Kier molecular flexibility index (Phi) is 5.93. The molecular weight excluding hydrogens is 428 g/mol. The number of benzene rings is 1. The molecule has 1 aromatic heterocycles. The van der Waals surface area contributed by atoms with Gasteiger partial charge >= 0.3 is 6.11 Å². The van der Waals surface area contributed by atoms with Crippen molar-refractivity contribution in [2.75, 3.05) is 42.8 Å². The van der Waals surface area contributed by atoms with Crippen LogP contribution in [0.15, 0.2) is 30.5 Å². The van der Waals surface area contributed by atoms with Crippen LogP contribution in [-0.2, 0) is 9.53 Å². The van der Waals surface area contributed by atoms with Crippen LogP contribution in [0, 0.1) is 11.3 Å². The van der Waals surface area contributed by atoms with E-state index in [1.165, 1.54) is 33.8 Å². The molecule has 2 fully saturated rings. The van der Waals surface area contributed by atoms with Gasteiger partial charge in [0.15, 0.2) is 0 Å². The Bertz CT molecular complexity index is 1060. The Morgan fingerprint density at radius 3 is 3.00 bits per heavy atom. The first-order valence-electron chi connectivity index (χ1n) is 9.58. The maximum absolute atomic E-state index is 13.6.